The van der Waals surface area contributed by atoms with Crippen molar-refractivity contribution in [2.75, 3.05) is 7.11 Å². The molecule has 0 aliphatic rings. The highest BCUT2D eigenvalue weighted by molar-refractivity contribution is 5.93. The predicted octanol–water partition coefficient (Wildman–Crippen LogP) is 4.09. The monoisotopic (exact) mass is 576 g/mol. The van der Waals surface area contributed by atoms with Gasteiger partial charge in [-0.2, -0.15) is 0 Å². The van der Waals surface area contributed by atoms with Crippen LogP contribution in [0.5, 0.6) is 5.75 Å². The molecule has 222 valence electrons. The first-order valence-electron chi connectivity index (χ1n) is 13.4. The van der Waals surface area contributed by atoms with E-state index in [4.69, 9.17) is 14.2 Å². The van der Waals surface area contributed by atoms with Gasteiger partial charge in [-0.3, -0.25) is 4.79 Å². The Bertz CT molecular complexity index is 1370. The Morgan fingerprint density at radius 1 is 0.786 bits per heavy atom. The van der Waals surface area contributed by atoms with Crippen molar-refractivity contribution in [2.24, 2.45) is 0 Å². The van der Waals surface area contributed by atoms with Gasteiger partial charge in [-0.15, -0.1) is 0 Å². The first kappa shape index (κ1) is 31.7. The molecule has 0 spiro atoms. The molecule has 0 heterocycles. The fourth-order valence-corrected chi connectivity index (χ4v) is 4.02. The predicted molar refractivity (Wildman–Crippen MR) is 155 cm³/mol. The van der Waals surface area contributed by atoms with Gasteiger partial charge in [0.2, 0.25) is 5.91 Å². The van der Waals surface area contributed by atoms with Crippen LogP contribution in [0.25, 0.3) is 0 Å². The minimum Gasteiger partial charge on any atom is -0.507 e. The number of amides is 2. The summed E-state index contributed by atoms with van der Waals surface area (Å²) >= 11 is 0. The van der Waals surface area contributed by atoms with Gasteiger partial charge in [-0.1, -0.05) is 66.7 Å². The minimum atomic E-state index is -1.20. The normalized spacial score (nSPS) is 12.4. The van der Waals surface area contributed by atoms with Crippen molar-refractivity contribution in [3.05, 3.63) is 101 Å². The third-order valence-corrected chi connectivity index (χ3v) is 6.02. The number of esters is 2. The number of alkyl carbamates (subject to hydrolysis) is 1. The lowest BCUT2D eigenvalue weighted by Crippen LogP contribution is -2.54. The number of carbonyl (C=O) groups excluding carboxylic acids is 4. The second kappa shape index (κ2) is 14.7. The van der Waals surface area contributed by atoms with Crippen LogP contribution in [0.15, 0.2) is 78.9 Å². The van der Waals surface area contributed by atoms with E-state index in [0.29, 0.717) is 5.56 Å². The molecule has 0 bridgehead atoms. The molecule has 0 radical (unpaired) electrons. The Morgan fingerprint density at radius 2 is 1.38 bits per heavy atom. The Kier molecular flexibility index (Phi) is 11.1. The summed E-state index contributed by atoms with van der Waals surface area (Å²) in [5.41, 5.74) is 1.10. The number of phenolic OH excluding ortho intramolecular Hbond substituents is 1. The summed E-state index contributed by atoms with van der Waals surface area (Å²) in [4.78, 5) is 51.6. The summed E-state index contributed by atoms with van der Waals surface area (Å²) in [6, 6.07) is 20.0. The van der Waals surface area contributed by atoms with Gasteiger partial charge in [0.15, 0.2) is 0 Å². The highest BCUT2D eigenvalue weighted by Gasteiger charge is 2.30. The second-order valence-electron chi connectivity index (χ2n) is 10.6. The van der Waals surface area contributed by atoms with Crippen molar-refractivity contribution in [1.82, 2.24) is 10.6 Å². The van der Waals surface area contributed by atoms with Crippen LogP contribution in [0.3, 0.4) is 0 Å². The lowest BCUT2D eigenvalue weighted by atomic mass is 10.0. The number of ether oxygens (including phenoxy) is 3. The first-order valence-corrected chi connectivity index (χ1v) is 13.4. The summed E-state index contributed by atoms with van der Waals surface area (Å²) in [5.74, 6) is -2.41. The molecular weight excluding hydrogens is 540 g/mol. The van der Waals surface area contributed by atoms with E-state index in [2.05, 4.69) is 10.6 Å². The summed E-state index contributed by atoms with van der Waals surface area (Å²) in [6.45, 7) is 5.09. The van der Waals surface area contributed by atoms with E-state index in [1.54, 1.807) is 32.9 Å². The Labute approximate surface area is 245 Å². The number of phenols is 1. The molecule has 0 fully saturated rings. The molecule has 3 rings (SSSR count). The fraction of sp³-hybridized carbons (Fsp3) is 0.312. The first-order chi connectivity index (χ1) is 19.9. The van der Waals surface area contributed by atoms with E-state index in [9.17, 15) is 24.3 Å². The van der Waals surface area contributed by atoms with Crippen molar-refractivity contribution in [2.45, 2.75) is 57.9 Å². The third-order valence-electron chi connectivity index (χ3n) is 6.02. The maximum Gasteiger partial charge on any atom is 0.408 e. The SMILES string of the molecule is COC(=O)c1cc(C[C@H](NC(=O)C(Cc2ccccc2)NC(=O)OC(C)(C)C)C(=O)OCc2ccccc2)ccc1O. The van der Waals surface area contributed by atoms with Gasteiger partial charge in [0.1, 0.15) is 35.6 Å². The van der Waals surface area contributed by atoms with E-state index in [1.807, 2.05) is 48.5 Å². The Morgan fingerprint density at radius 3 is 1.98 bits per heavy atom. The van der Waals surface area contributed by atoms with E-state index in [1.165, 1.54) is 25.3 Å². The van der Waals surface area contributed by atoms with Gasteiger partial charge in [0.05, 0.1) is 7.11 Å². The molecule has 0 aliphatic carbocycles. The molecule has 10 nitrogen and oxygen atoms in total. The molecule has 10 heteroatoms. The van der Waals surface area contributed by atoms with Crippen LogP contribution in [-0.4, -0.2) is 53.8 Å². The Balaban J connectivity index is 1.87. The second-order valence-corrected chi connectivity index (χ2v) is 10.6. The van der Waals surface area contributed by atoms with Gasteiger partial charge in [0.25, 0.3) is 0 Å². The number of nitrogens with one attached hydrogen (secondary N) is 2. The molecule has 0 saturated heterocycles. The maximum absolute atomic E-state index is 13.6. The molecule has 0 saturated carbocycles. The third kappa shape index (κ3) is 9.96. The van der Waals surface area contributed by atoms with Crippen molar-refractivity contribution in [3.63, 3.8) is 0 Å². The largest absolute Gasteiger partial charge is 0.507 e. The zero-order valence-corrected chi connectivity index (χ0v) is 24.1. The molecule has 2 atom stereocenters. The van der Waals surface area contributed by atoms with Gasteiger partial charge in [0, 0.05) is 12.8 Å². The highest BCUT2D eigenvalue weighted by atomic mass is 16.6. The zero-order chi connectivity index (χ0) is 30.7. The molecule has 3 aromatic rings. The lowest BCUT2D eigenvalue weighted by molar-refractivity contribution is -0.149. The summed E-state index contributed by atoms with van der Waals surface area (Å²) < 4.78 is 15.6. The number of hydrogen-bond acceptors (Lipinski definition) is 8. The molecule has 0 aromatic heterocycles. The molecule has 3 N–H and O–H groups in total. The maximum atomic E-state index is 13.6. The molecule has 1 unspecified atom stereocenters. The smallest absolute Gasteiger partial charge is 0.408 e. The van der Waals surface area contributed by atoms with Crippen molar-refractivity contribution in [3.8, 4) is 5.75 Å². The number of hydrogen-bond donors (Lipinski definition) is 3. The van der Waals surface area contributed by atoms with Gasteiger partial charge >= 0.3 is 18.0 Å². The van der Waals surface area contributed by atoms with Crippen molar-refractivity contribution >= 4 is 23.9 Å². The van der Waals surface area contributed by atoms with Crippen LogP contribution >= 0.6 is 0 Å². The van der Waals surface area contributed by atoms with E-state index in [0.717, 1.165) is 11.1 Å². The molecule has 0 aliphatic heterocycles. The van der Waals surface area contributed by atoms with Gasteiger partial charge in [-0.05, 0) is 49.6 Å². The number of aromatic hydroxyl groups is 1. The Hall–Kier alpha value is -4.86. The number of methoxy groups -OCH3 is 1. The number of carbonyl (C=O) groups is 4. The van der Waals surface area contributed by atoms with E-state index < -0.39 is 41.6 Å². The standard InChI is InChI=1S/C32H36N2O8/c1-32(2,3)42-31(39)34-25(18-21-11-7-5-8-12-21)28(36)33-26(30(38)41-20-22-13-9-6-10-14-22)19-23-15-16-27(35)24(17-23)29(37)40-4/h5-17,25-26,35H,18-20H2,1-4H3,(H,33,36)(H,34,39)/t25?,26-/m0/s1. The van der Waals surface area contributed by atoms with Crippen molar-refractivity contribution < 1.29 is 38.5 Å². The summed E-state index contributed by atoms with van der Waals surface area (Å²) in [5, 5.41) is 15.4. The fourth-order valence-electron chi connectivity index (χ4n) is 4.02. The van der Waals surface area contributed by atoms with Crippen LogP contribution in [0.4, 0.5) is 4.79 Å². The van der Waals surface area contributed by atoms with E-state index in [-0.39, 0.29) is 30.8 Å². The van der Waals surface area contributed by atoms with Crippen LogP contribution < -0.4 is 10.6 Å². The lowest BCUT2D eigenvalue weighted by Gasteiger charge is -2.25. The van der Waals surface area contributed by atoms with Crippen molar-refractivity contribution in [1.29, 1.82) is 0 Å². The molecule has 3 aromatic carbocycles. The average Bonchev–Trinajstić information content (AvgIpc) is 2.95. The highest BCUT2D eigenvalue weighted by Crippen LogP contribution is 2.21. The van der Waals surface area contributed by atoms with Crippen LogP contribution in [0.2, 0.25) is 0 Å². The molecule has 2 amide bonds. The average molecular weight is 577 g/mol. The summed E-state index contributed by atoms with van der Waals surface area (Å²) in [7, 11) is 1.18. The molecule has 42 heavy (non-hydrogen) atoms. The van der Waals surface area contributed by atoms with Crippen LogP contribution in [0.1, 0.15) is 47.8 Å². The van der Waals surface area contributed by atoms with Gasteiger partial charge < -0.3 is 30.0 Å². The zero-order valence-electron chi connectivity index (χ0n) is 24.1. The quantitative estimate of drug-likeness (QED) is 0.229. The topological polar surface area (TPSA) is 140 Å². The van der Waals surface area contributed by atoms with Crippen LogP contribution in [-0.2, 0) is 43.2 Å². The number of rotatable bonds is 11. The number of benzene rings is 3. The summed E-state index contributed by atoms with van der Waals surface area (Å²) in [6.07, 6.45) is -0.736. The van der Waals surface area contributed by atoms with E-state index >= 15 is 0 Å². The van der Waals surface area contributed by atoms with Crippen LogP contribution in [0, 0.1) is 0 Å². The minimum absolute atomic E-state index is 0.0291. The molecular formula is C32H36N2O8. The van der Waals surface area contributed by atoms with Gasteiger partial charge in [-0.25, -0.2) is 14.4 Å².